The molecule has 0 atom stereocenters. The Balaban J connectivity index is 2.27. The van der Waals surface area contributed by atoms with E-state index in [4.69, 9.17) is 5.26 Å². The molecule has 0 saturated carbocycles. The molecule has 2 rings (SSSR count). The van der Waals surface area contributed by atoms with Gasteiger partial charge in [0.05, 0.1) is 5.56 Å². The lowest BCUT2D eigenvalue weighted by atomic mass is 10.0. The van der Waals surface area contributed by atoms with Gasteiger partial charge < -0.3 is 0 Å². The van der Waals surface area contributed by atoms with E-state index >= 15 is 0 Å². The van der Waals surface area contributed by atoms with E-state index in [1.54, 1.807) is 12.1 Å². The molecule has 0 heterocycles. The highest BCUT2D eigenvalue weighted by Gasteiger charge is 2.03. The highest BCUT2D eigenvalue weighted by Crippen LogP contribution is 2.13. The molecule has 0 radical (unpaired) electrons. The molecule has 0 aromatic heterocycles. The molecule has 2 heteroatoms. The quantitative estimate of drug-likeness (QED) is 0.747. The zero-order valence-corrected chi connectivity index (χ0v) is 8.65. The van der Waals surface area contributed by atoms with Crippen molar-refractivity contribution in [1.82, 2.24) is 0 Å². The number of nitriles is 1. The molecule has 0 unspecified atom stereocenters. The average Bonchev–Trinajstić information content (AvgIpc) is 2.33. The van der Waals surface area contributed by atoms with Crippen LogP contribution < -0.4 is 0 Å². The molecule has 16 heavy (non-hydrogen) atoms. The van der Waals surface area contributed by atoms with Gasteiger partial charge in [0.15, 0.2) is 0 Å². The fourth-order valence-corrected chi connectivity index (χ4v) is 1.60. The fraction of sp³-hybridized carbons (Fsp3) is 0.0714. The van der Waals surface area contributed by atoms with Crippen molar-refractivity contribution < 1.29 is 4.39 Å². The van der Waals surface area contributed by atoms with Crippen LogP contribution in [0.25, 0.3) is 0 Å². The van der Waals surface area contributed by atoms with Crippen molar-refractivity contribution >= 4 is 0 Å². The van der Waals surface area contributed by atoms with E-state index in [2.05, 4.69) is 0 Å². The second kappa shape index (κ2) is 4.59. The van der Waals surface area contributed by atoms with Crippen molar-refractivity contribution in [3.05, 3.63) is 71.0 Å². The van der Waals surface area contributed by atoms with Crippen LogP contribution in [-0.4, -0.2) is 0 Å². The second-order valence-electron chi connectivity index (χ2n) is 3.59. The Hall–Kier alpha value is -2.14. The average molecular weight is 211 g/mol. The summed E-state index contributed by atoms with van der Waals surface area (Å²) < 4.78 is 13.1. The monoisotopic (exact) mass is 211 g/mol. The largest absolute Gasteiger partial charge is 0.206 e. The number of halogens is 1. The van der Waals surface area contributed by atoms with Crippen molar-refractivity contribution in [2.45, 2.75) is 6.42 Å². The minimum atomic E-state index is -0.459. The van der Waals surface area contributed by atoms with Crippen LogP contribution in [0.2, 0.25) is 0 Å². The van der Waals surface area contributed by atoms with Gasteiger partial charge in [-0.1, -0.05) is 36.4 Å². The minimum absolute atomic E-state index is 0.105. The Morgan fingerprint density at radius 1 is 1.00 bits per heavy atom. The number of benzene rings is 2. The van der Waals surface area contributed by atoms with E-state index in [0.29, 0.717) is 0 Å². The van der Waals surface area contributed by atoms with Gasteiger partial charge in [-0.05, 0) is 29.7 Å². The molecule has 0 aliphatic rings. The SMILES string of the molecule is N#Cc1cc(Cc2ccccc2)ccc1F. The summed E-state index contributed by atoms with van der Waals surface area (Å²) in [5.41, 5.74) is 2.20. The van der Waals surface area contributed by atoms with Crippen LogP contribution in [-0.2, 0) is 6.42 Å². The fourth-order valence-electron chi connectivity index (χ4n) is 1.60. The summed E-state index contributed by atoms with van der Waals surface area (Å²) in [4.78, 5) is 0. The smallest absolute Gasteiger partial charge is 0.140 e. The Labute approximate surface area is 93.8 Å². The first-order chi connectivity index (χ1) is 7.79. The summed E-state index contributed by atoms with van der Waals surface area (Å²) >= 11 is 0. The summed E-state index contributed by atoms with van der Waals surface area (Å²) in [5.74, 6) is -0.459. The topological polar surface area (TPSA) is 23.8 Å². The van der Waals surface area contributed by atoms with Gasteiger partial charge in [0.1, 0.15) is 11.9 Å². The van der Waals surface area contributed by atoms with E-state index in [0.717, 1.165) is 17.5 Å². The van der Waals surface area contributed by atoms with E-state index in [9.17, 15) is 4.39 Å². The van der Waals surface area contributed by atoms with Gasteiger partial charge >= 0.3 is 0 Å². The van der Waals surface area contributed by atoms with Crippen LogP contribution in [0.4, 0.5) is 4.39 Å². The lowest BCUT2D eigenvalue weighted by molar-refractivity contribution is 0.623. The summed E-state index contributed by atoms with van der Waals surface area (Å²) in [7, 11) is 0. The van der Waals surface area contributed by atoms with E-state index in [-0.39, 0.29) is 5.56 Å². The van der Waals surface area contributed by atoms with Gasteiger partial charge in [-0.3, -0.25) is 0 Å². The molecule has 2 aromatic carbocycles. The molecular formula is C14H10FN. The summed E-state index contributed by atoms with van der Waals surface area (Å²) in [6.45, 7) is 0. The van der Waals surface area contributed by atoms with Crippen LogP contribution in [0, 0.1) is 17.1 Å². The van der Waals surface area contributed by atoms with Gasteiger partial charge in [0.25, 0.3) is 0 Å². The van der Waals surface area contributed by atoms with Crippen molar-refractivity contribution in [3.63, 3.8) is 0 Å². The van der Waals surface area contributed by atoms with Gasteiger partial charge in [0, 0.05) is 0 Å². The Morgan fingerprint density at radius 2 is 1.75 bits per heavy atom. The maximum atomic E-state index is 13.1. The Kier molecular flexibility index (Phi) is 2.98. The summed E-state index contributed by atoms with van der Waals surface area (Å²) in [6, 6.07) is 16.4. The zero-order valence-electron chi connectivity index (χ0n) is 8.65. The molecule has 2 aromatic rings. The molecule has 0 fully saturated rings. The normalized spacial score (nSPS) is 9.75. The van der Waals surface area contributed by atoms with Crippen LogP contribution in [0.1, 0.15) is 16.7 Å². The first kappa shape index (κ1) is 10.4. The van der Waals surface area contributed by atoms with Crippen molar-refractivity contribution in [2.75, 3.05) is 0 Å². The Bertz CT molecular complexity index is 526. The third-order valence-corrected chi connectivity index (χ3v) is 2.40. The lowest BCUT2D eigenvalue weighted by Gasteiger charge is -2.02. The molecule has 1 nitrogen and oxygen atoms in total. The molecule has 0 amide bonds. The van der Waals surface area contributed by atoms with Gasteiger partial charge in [-0.25, -0.2) is 4.39 Å². The van der Waals surface area contributed by atoms with Crippen LogP contribution >= 0.6 is 0 Å². The molecule has 0 aliphatic heterocycles. The van der Waals surface area contributed by atoms with E-state index in [1.807, 2.05) is 36.4 Å². The van der Waals surface area contributed by atoms with Gasteiger partial charge in [-0.2, -0.15) is 5.26 Å². The predicted molar refractivity (Wildman–Crippen MR) is 60.4 cm³/mol. The molecule has 0 N–H and O–H groups in total. The first-order valence-electron chi connectivity index (χ1n) is 5.02. The van der Waals surface area contributed by atoms with Crippen molar-refractivity contribution in [2.24, 2.45) is 0 Å². The van der Waals surface area contributed by atoms with Gasteiger partial charge in [-0.15, -0.1) is 0 Å². The van der Waals surface area contributed by atoms with Crippen LogP contribution in [0.3, 0.4) is 0 Å². The second-order valence-corrected chi connectivity index (χ2v) is 3.59. The van der Waals surface area contributed by atoms with Crippen LogP contribution in [0.15, 0.2) is 48.5 Å². The predicted octanol–water partition coefficient (Wildman–Crippen LogP) is 3.29. The summed E-state index contributed by atoms with van der Waals surface area (Å²) in [6.07, 6.45) is 0.718. The molecule has 0 aliphatic carbocycles. The molecular weight excluding hydrogens is 201 g/mol. The lowest BCUT2D eigenvalue weighted by Crippen LogP contribution is -1.91. The molecule has 0 saturated heterocycles. The van der Waals surface area contributed by atoms with E-state index < -0.39 is 5.82 Å². The van der Waals surface area contributed by atoms with Crippen molar-refractivity contribution in [1.29, 1.82) is 5.26 Å². The van der Waals surface area contributed by atoms with Gasteiger partial charge in [0.2, 0.25) is 0 Å². The third kappa shape index (κ3) is 2.26. The summed E-state index contributed by atoms with van der Waals surface area (Å²) in [5, 5.41) is 8.72. The standard InChI is InChI=1S/C14H10FN/c15-14-7-6-12(9-13(14)10-16)8-11-4-2-1-3-5-11/h1-7,9H,8H2. The number of nitrogens with zero attached hydrogens (tertiary/aromatic N) is 1. The van der Waals surface area contributed by atoms with Crippen LogP contribution in [0.5, 0.6) is 0 Å². The van der Waals surface area contributed by atoms with Crippen molar-refractivity contribution in [3.8, 4) is 6.07 Å². The number of rotatable bonds is 2. The molecule has 0 bridgehead atoms. The zero-order chi connectivity index (χ0) is 11.4. The highest BCUT2D eigenvalue weighted by molar-refractivity contribution is 5.36. The number of hydrogen-bond acceptors (Lipinski definition) is 1. The Morgan fingerprint density at radius 3 is 2.44 bits per heavy atom. The molecule has 78 valence electrons. The molecule has 0 spiro atoms. The maximum absolute atomic E-state index is 13.1. The maximum Gasteiger partial charge on any atom is 0.140 e. The first-order valence-corrected chi connectivity index (χ1v) is 5.02. The highest BCUT2D eigenvalue weighted by atomic mass is 19.1. The van der Waals surface area contributed by atoms with E-state index in [1.165, 1.54) is 6.07 Å². The third-order valence-electron chi connectivity index (χ3n) is 2.40. The number of hydrogen-bond donors (Lipinski definition) is 0. The minimum Gasteiger partial charge on any atom is -0.206 e.